The molecule has 3 nitrogen and oxygen atoms in total. The molecule has 1 aromatic rings. The molecule has 0 unspecified atom stereocenters. The van der Waals surface area contributed by atoms with Gasteiger partial charge in [-0.2, -0.15) is 0 Å². The predicted octanol–water partition coefficient (Wildman–Crippen LogP) is 2.62. The van der Waals surface area contributed by atoms with Crippen LogP contribution in [0.25, 0.3) is 0 Å². The van der Waals surface area contributed by atoms with Crippen molar-refractivity contribution in [3.63, 3.8) is 0 Å². The molecule has 0 aromatic carbocycles. The highest BCUT2D eigenvalue weighted by molar-refractivity contribution is 7.15. The predicted molar refractivity (Wildman–Crippen MR) is 72.5 cm³/mol. The van der Waals surface area contributed by atoms with Crippen LogP contribution in [0.3, 0.4) is 0 Å². The Hall–Kier alpha value is -0.610. The first-order valence-electron chi connectivity index (χ1n) is 5.76. The molecule has 0 radical (unpaired) electrons. The number of hydrogen-bond acceptors (Lipinski definition) is 4. The van der Waals surface area contributed by atoms with E-state index in [0.29, 0.717) is 0 Å². The van der Waals surface area contributed by atoms with Crippen LogP contribution in [0.5, 0.6) is 0 Å². The Bertz CT molecular complexity index is 339. The van der Waals surface area contributed by atoms with Crippen molar-refractivity contribution < 1.29 is 0 Å². The van der Waals surface area contributed by atoms with Gasteiger partial charge in [-0.1, -0.05) is 20.8 Å². The van der Waals surface area contributed by atoms with Gasteiger partial charge in [0.2, 0.25) is 0 Å². The number of rotatable bonds is 4. The number of nitrogens with zero attached hydrogens (tertiary/aromatic N) is 2. The van der Waals surface area contributed by atoms with Gasteiger partial charge in [-0.3, -0.25) is 0 Å². The van der Waals surface area contributed by atoms with Crippen LogP contribution in [0, 0.1) is 0 Å². The number of thiazole rings is 1. The van der Waals surface area contributed by atoms with Gasteiger partial charge >= 0.3 is 0 Å². The summed E-state index contributed by atoms with van der Waals surface area (Å²) in [5.41, 5.74) is 1.34. The van der Waals surface area contributed by atoms with Gasteiger partial charge in [0.05, 0.1) is 5.69 Å². The van der Waals surface area contributed by atoms with Crippen molar-refractivity contribution >= 4 is 16.5 Å². The second kappa shape index (κ2) is 5.15. The normalized spacial score (nSPS) is 11.9. The van der Waals surface area contributed by atoms with E-state index in [1.165, 1.54) is 10.6 Å². The van der Waals surface area contributed by atoms with Crippen LogP contribution in [0.1, 0.15) is 38.3 Å². The molecule has 1 rings (SSSR count). The second-order valence-corrected chi connectivity index (χ2v) is 6.12. The van der Waals surface area contributed by atoms with E-state index in [4.69, 9.17) is 4.98 Å². The molecule has 0 saturated carbocycles. The molecule has 1 N–H and O–H groups in total. The summed E-state index contributed by atoms with van der Waals surface area (Å²) in [7, 11) is 4.07. The van der Waals surface area contributed by atoms with Crippen molar-refractivity contribution in [3.8, 4) is 0 Å². The molecule has 0 amide bonds. The van der Waals surface area contributed by atoms with Crippen LogP contribution in [-0.2, 0) is 12.0 Å². The first kappa shape index (κ1) is 13.5. The van der Waals surface area contributed by atoms with Gasteiger partial charge in [-0.15, -0.1) is 11.3 Å². The summed E-state index contributed by atoms with van der Waals surface area (Å²) < 4.78 is 0. The largest absolute Gasteiger partial charge is 0.351 e. The van der Waals surface area contributed by atoms with Gasteiger partial charge in [0.25, 0.3) is 0 Å². The zero-order chi connectivity index (χ0) is 12.3. The van der Waals surface area contributed by atoms with E-state index < -0.39 is 0 Å². The Labute approximate surface area is 103 Å². The lowest BCUT2D eigenvalue weighted by Crippen LogP contribution is -2.18. The maximum atomic E-state index is 4.78. The van der Waals surface area contributed by atoms with Crippen molar-refractivity contribution in [2.24, 2.45) is 0 Å². The molecule has 1 heterocycles. The van der Waals surface area contributed by atoms with Crippen molar-refractivity contribution in [2.75, 3.05) is 25.5 Å². The van der Waals surface area contributed by atoms with E-state index in [-0.39, 0.29) is 5.41 Å². The third kappa shape index (κ3) is 2.95. The maximum Gasteiger partial charge on any atom is 0.185 e. The Morgan fingerprint density at radius 1 is 1.38 bits per heavy atom. The highest BCUT2D eigenvalue weighted by Gasteiger charge is 2.23. The Morgan fingerprint density at radius 2 is 2.00 bits per heavy atom. The van der Waals surface area contributed by atoms with Crippen molar-refractivity contribution in [3.05, 3.63) is 10.6 Å². The highest BCUT2D eigenvalue weighted by atomic mass is 32.1. The fourth-order valence-electron chi connectivity index (χ4n) is 1.50. The number of hydrogen-bond donors (Lipinski definition) is 1. The SMILES string of the molecule is CCN(C)c1nc(C(C)(C)C)c(CNC)s1. The molecule has 0 aliphatic carbocycles. The lowest BCUT2D eigenvalue weighted by Gasteiger charge is -2.17. The van der Waals surface area contributed by atoms with Gasteiger partial charge in [0, 0.05) is 30.4 Å². The van der Waals surface area contributed by atoms with E-state index >= 15 is 0 Å². The van der Waals surface area contributed by atoms with E-state index in [2.05, 4.69) is 45.0 Å². The molecule has 0 aliphatic rings. The smallest absolute Gasteiger partial charge is 0.185 e. The van der Waals surface area contributed by atoms with E-state index in [9.17, 15) is 0 Å². The molecule has 4 heteroatoms. The summed E-state index contributed by atoms with van der Waals surface area (Å²) in [5.74, 6) is 0. The Balaban J connectivity index is 3.10. The minimum Gasteiger partial charge on any atom is -0.351 e. The Kier molecular flexibility index (Phi) is 4.33. The topological polar surface area (TPSA) is 28.2 Å². The molecule has 16 heavy (non-hydrogen) atoms. The van der Waals surface area contributed by atoms with E-state index in [1.807, 2.05) is 7.05 Å². The molecule has 0 atom stereocenters. The van der Waals surface area contributed by atoms with Crippen LogP contribution in [-0.4, -0.2) is 25.6 Å². The third-order valence-corrected chi connectivity index (χ3v) is 3.70. The molecule has 0 bridgehead atoms. The molecule has 0 spiro atoms. The molecular weight excluding hydrogens is 218 g/mol. The highest BCUT2D eigenvalue weighted by Crippen LogP contribution is 2.33. The van der Waals surface area contributed by atoms with Crippen molar-refractivity contribution in [1.82, 2.24) is 10.3 Å². The van der Waals surface area contributed by atoms with Gasteiger partial charge < -0.3 is 10.2 Å². The quantitative estimate of drug-likeness (QED) is 0.878. The summed E-state index contributed by atoms with van der Waals surface area (Å²) in [4.78, 5) is 8.32. The van der Waals surface area contributed by atoms with Gasteiger partial charge in [-0.05, 0) is 14.0 Å². The maximum absolute atomic E-state index is 4.78. The zero-order valence-corrected chi connectivity index (χ0v) is 12.0. The molecule has 1 aromatic heterocycles. The minimum absolute atomic E-state index is 0.121. The number of nitrogens with one attached hydrogen (secondary N) is 1. The average Bonchev–Trinajstić information content (AvgIpc) is 2.61. The molecular formula is C12H23N3S. The summed E-state index contributed by atoms with van der Waals surface area (Å²) in [6.07, 6.45) is 0. The standard InChI is InChI=1S/C12H23N3S/c1-7-15(6)11-14-10(12(2,3)4)9(16-11)8-13-5/h13H,7-8H2,1-6H3. The van der Waals surface area contributed by atoms with E-state index in [0.717, 1.165) is 18.2 Å². The van der Waals surface area contributed by atoms with Gasteiger partial charge in [0.15, 0.2) is 5.13 Å². The minimum atomic E-state index is 0.121. The average molecular weight is 241 g/mol. The van der Waals surface area contributed by atoms with Gasteiger partial charge in [-0.25, -0.2) is 4.98 Å². The fourth-order valence-corrected chi connectivity index (χ4v) is 2.81. The van der Waals surface area contributed by atoms with Crippen LogP contribution >= 0.6 is 11.3 Å². The number of aromatic nitrogens is 1. The molecule has 0 aliphatic heterocycles. The summed E-state index contributed by atoms with van der Waals surface area (Å²) >= 11 is 1.80. The Morgan fingerprint density at radius 3 is 2.44 bits per heavy atom. The lowest BCUT2D eigenvalue weighted by molar-refractivity contribution is 0.563. The summed E-state index contributed by atoms with van der Waals surface area (Å²) in [6, 6.07) is 0. The molecule has 0 fully saturated rings. The molecule has 0 saturated heterocycles. The lowest BCUT2D eigenvalue weighted by atomic mass is 9.91. The fraction of sp³-hybridized carbons (Fsp3) is 0.750. The van der Waals surface area contributed by atoms with Crippen LogP contribution < -0.4 is 10.2 Å². The first-order valence-corrected chi connectivity index (χ1v) is 6.57. The van der Waals surface area contributed by atoms with Crippen LogP contribution in [0.15, 0.2) is 0 Å². The van der Waals surface area contributed by atoms with Crippen LogP contribution in [0.2, 0.25) is 0 Å². The van der Waals surface area contributed by atoms with Crippen molar-refractivity contribution in [2.45, 2.75) is 39.7 Å². The first-order chi connectivity index (χ1) is 7.40. The third-order valence-electron chi connectivity index (χ3n) is 2.53. The van der Waals surface area contributed by atoms with Gasteiger partial charge in [0.1, 0.15) is 0 Å². The number of anilines is 1. The van der Waals surface area contributed by atoms with Crippen LogP contribution in [0.4, 0.5) is 5.13 Å². The summed E-state index contributed by atoms with van der Waals surface area (Å²) in [6.45, 7) is 10.7. The molecule has 92 valence electrons. The second-order valence-electron chi connectivity index (χ2n) is 5.06. The summed E-state index contributed by atoms with van der Waals surface area (Å²) in [5, 5.41) is 4.34. The van der Waals surface area contributed by atoms with Crippen molar-refractivity contribution in [1.29, 1.82) is 0 Å². The zero-order valence-electron chi connectivity index (χ0n) is 11.2. The monoisotopic (exact) mass is 241 g/mol. The van der Waals surface area contributed by atoms with E-state index in [1.54, 1.807) is 11.3 Å².